The maximum Gasteiger partial charge on any atom is 0.390 e. The van der Waals surface area contributed by atoms with Crippen molar-refractivity contribution >= 4 is 5.82 Å². The number of benzene rings is 1. The van der Waals surface area contributed by atoms with E-state index in [1.807, 2.05) is 30.3 Å². The number of aliphatic hydroxyl groups excluding tert-OH is 1. The minimum absolute atomic E-state index is 0.190. The van der Waals surface area contributed by atoms with Gasteiger partial charge < -0.3 is 15.2 Å². The van der Waals surface area contributed by atoms with Crippen molar-refractivity contribution in [1.29, 1.82) is 0 Å². The smallest absolute Gasteiger partial charge is 0.390 e. The van der Waals surface area contributed by atoms with Crippen molar-refractivity contribution in [1.82, 2.24) is 9.78 Å². The molecule has 1 heterocycles. The molecule has 1 aromatic carbocycles. The van der Waals surface area contributed by atoms with E-state index in [0.717, 1.165) is 5.56 Å². The maximum absolute atomic E-state index is 10.6. The zero-order valence-electron chi connectivity index (χ0n) is 10.6. The third-order valence-electron chi connectivity index (χ3n) is 2.85. The molecule has 0 amide bonds. The molecule has 1 aromatic heterocycles. The summed E-state index contributed by atoms with van der Waals surface area (Å²) in [6.07, 6.45) is -0.130. The van der Waals surface area contributed by atoms with E-state index < -0.39 is 11.0 Å². The van der Waals surface area contributed by atoms with Crippen LogP contribution >= 0.6 is 0 Å². The maximum atomic E-state index is 10.6. The van der Waals surface area contributed by atoms with Crippen LogP contribution in [0.3, 0.4) is 0 Å². The average molecular weight is 261 g/mol. The molecule has 6 nitrogen and oxygen atoms in total. The van der Waals surface area contributed by atoms with Crippen LogP contribution in [0.4, 0.5) is 5.82 Å². The van der Waals surface area contributed by atoms with Gasteiger partial charge in [0.1, 0.15) is 0 Å². The Morgan fingerprint density at radius 3 is 2.68 bits per heavy atom. The average Bonchev–Trinajstić information content (AvgIpc) is 2.72. The molecular weight excluding hydrogens is 246 g/mol. The Hall–Kier alpha value is -2.21. The van der Waals surface area contributed by atoms with Gasteiger partial charge in [-0.3, -0.25) is 0 Å². The minimum atomic E-state index is -0.624. The largest absolute Gasteiger partial charge is 0.391 e. The van der Waals surface area contributed by atoms with Gasteiger partial charge in [0.15, 0.2) is 0 Å². The number of aryl methyl sites for hydroxylation is 1. The Kier molecular flexibility index (Phi) is 3.91. The molecule has 6 heteroatoms. The summed E-state index contributed by atoms with van der Waals surface area (Å²) in [7, 11) is 0. The Morgan fingerprint density at radius 2 is 2.11 bits per heavy atom. The van der Waals surface area contributed by atoms with Crippen LogP contribution in [0.1, 0.15) is 11.3 Å². The third kappa shape index (κ3) is 3.38. The first-order valence-electron chi connectivity index (χ1n) is 5.97. The summed E-state index contributed by atoms with van der Waals surface area (Å²) >= 11 is 0. The van der Waals surface area contributed by atoms with Crippen LogP contribution in [0.5, 0.6) is 0 Å². The Bertz CT molecular complexity index is 566. The Balaban J connectivity index is 2.03. The highest BCUT2D eigenvalue weighted by Crippen LogP contribution is 2.12. The molecule has 1 atom stereocenters. The first kappa shape index (κ1) is 13.2. The lowest BCUT2D eigenvalue weighted by atomic mass is 10.1. The molecule has 1 N–H and O–H groups in total. The van der Waals surface area contributed by atoms with Gasteiger partial charge in [-0.2, -0.15) is 4.68 Å². The number of hydrogen-bond donors (Lipinski definition) is 1. The fraction of sp³-hybridized carbons (Fsp3) is 0.308. The van der Waals surface area contributed by atoms with Gasteiger partial charge in [0.05, 0.1) is 29.5 Å². The van der Waals surface area contributed by atoms with Crippen molar-refractivity contribution < 1.29 is 10.0 Å². The standard InChI is InChI=1S/C13H15N3O3/c1-10-7-13(16(18)19)14-15(10)9-12(17)8-11-5-3-2-4-6-11/h2-7,12,17H,8-9H2,1H3. The molecule has 2 aromatic rings. The summed E-state index contributed by atoms with van der Waals surface area (Å²) in [5.74, 6) is -0.190. The number of aliphatic hydroxyl groups is 1. The second kappa shape index (κ2) is 5.62. The Morgan fingerprint density at radius 1 is 1.42 bits per heavy atom. The lowest BCUT2D eigenvalue weighted by Crippen LogP contribution is -2.20. The number of nitrogens with zero attached hydrogens (tertiary/aromatic N) is 3. The van der Waals surface area contributed by atoms with Gasteiger partial charge in [-0.1, -0.05) is 30.3 Å². The molecule has 19 heavy (non-hydrogen) atoms. The van der Waals surface area contributed by atoms with E-state index in [0.29, 0.717) is 12.1 Å². The fourth-order valence-electron chi connectivity index (χ4n) is 1.92. The van der Waals surface area contributed by atoms with Crippen molar-refractivity contribution in [3.05, 3.63) is 57.8 Å². The van der Waals surface area contributed by atoms with Crippen LogP contribution in [0.15, 0.2) is 36.4 Å². The molecule has 0 aliphatic heterocycles. The molecular formula is C13H15N3O3. The Labute approximate surface area is 110 Å². The van der Waals surface area contributed by atoms with E-state index in [1.165, 1.54) is 10.7 Å². The highest BCUT2D eigenvalue weighted by molar-refractivity contribution is 5.21. The van der Waals surface area contributed by atoms with Crippen molar-refractivity contribution in [2.45, 2.75) is 26.0 Å². The van der Waals surface area contributed by atoms with Crippen molar-refractivity contribution in [2.24, 2.45) is 0 Å². The van der Waals surface area contributed by atoms with Crippen molar-refractivity contribution in [3.63, 3.8) is 0 Å². The van der Waals surface area contributed by atoms with Crippen molar-refractivity contribution in [3.8, 4) is 0 Å². The van der Waals surface area contributed by atoms with Crippen molar-refractivity contribution in [2.75, 3.05) is 0 Å². The van der Waals surface area contributed by atoms with Crippen LogP contribution in [-0.4, -0.2) is 25.9 Å². The first-order valence-corrected chi connectivity index (χ1v) is 5.97. The van der Waals surface area contributed by atoms with E-state index in [4.69, 9.17) is 0 Å². The van der Waals surface area contributed by atoms with Gasteiger partial charge in [0.2, 0.25) is 0 Å². The monoisotopic (exact) mass is 261 g/mol. The van der Waals surface area contributed by atoms with E-state index in [-0.39, 0.29) is 12.4 Å². The van der Waals surface area contributed by atoms with Gasteiger partial charge in [0, 0.05) is 6.42 Å². The molecule has 0 bridgehead atoms. The van der Waals surface area contributed by atoms with E-state index in [2.05, 4.69) is 5.10 Å². The first-order chi connectivity index (χ1) is 9.06. The highest BCUT2D eigenvalue weighted by atomic mass is 16.6. The topological polar surface area (TPSA) is 81.2 Å². The van der Waals surface area contributed by atoms with Gasteiger partial charge in [-0.15, -0.1) is 0 Å². The molecule has 0 aliphatic rings. The molecule has 0 radical (unpaired) electrons. The van der Waals surface area contributed by atoms with Crippen LogP contribution in [0, 0.1) is 17.0 Å². The fourth-order valence-corrected chi connectivity index (χ4v) is 1.92. The quantitative estimate of drug-likeness (QED) is 0.656. The number of rotatable bonds is 5. The predicted molar refractivity (Wildman–Crippen MR) is 69.8 cm³/mol. The zero-order chi connectivity index (χ0) is 13.8. The van der Waals surface area contributed by atoms with Gasteiger partial charge in [-0.25, -0.2) is 0 Å². The molecule has 100 valence electrons. The summed E-state index contributed by atoms with van der Waals surface area (Å²) in [5.41, 5.74) is 1.69. The van der Waals surface area contributed by atoms with Gasteiger partial charge in [0.25, 0.3) is 0 Å². The molecule has 1 unspecified atom stereocenters. The summed E-state index contributed by atoms with van der Waals surface area (Å²) in [6.45, 7) is 1.98. The molecule has 2 rings (SSSR count). The third-order valence-corrected chi connectivity index (χ3v) is 2.85. The lowest BCUT2D eigenvalue weighted by Gasteiger charge is -2.09. The molecule has 0 saturated heterocycles. The number of nitro groups is 1. The van der Waals surface area contributed by atoms with Crippen LogP contribution < -0.4 is 0 Å². The highest BCUT2D eigenvalue weighted by Gasteiger charge is 2.17. The lowest BCUT2D eigenvalue weighted by molar-refractivity contribution is -0.389. The zero-order valence-corrected chi connectivity index (χ0v) is 10.6. The van der Waals surface area contributed by atoms with Crippen LogP contribution in [0.25, 0.3) is 0 Å². The number of aromatic nitrogens is 2. The number of hydrogen-bond acceptors (Lipinski definition) is 4. The summed E-state index contributed by atoms with van der Waals surface area (Å²) in [6, 6.07) is 11.0. The summed E-state index contributed by atoms with van der Waals surface area (Å²) in [5, 5.41) is 24.5. The molecule has 0 spiro atoms. The summed E-state index contributed by atoms with van der Waals surface area (Å²) < 4.78 is 1.46. The second-order valence-electron chi connectivity index (χ2n) is 4.43. The van der Waals surface area contributed by atoms with E-state index in [9.17, 15) is 15.2 Å². The molecule has 0 fully saturated rings. The van der Waals surface area contributed by atoms with Crippen LogP contribution in [-0.2, 0) is 13.0 Å². The summed E-state index contributed by atoms with van der Waals surface area (Å²) in [4.78, 5) is 10.1. The SMILES string of the molecule is Cc1cc([N+](=O)[O-])nn1CC(O)Cc1ccccc1. The molecule has 0 aliphatic carbocycles. The van der Waals surface area contributed by atoms with E-state index in [1.54, 1.807) is 6.92 Å². The van der Waals surface area contributed by atoms with Gasteiger partial charge >= 0.3 is 5.82 Å². The van der Waals surface area contributed by atoms with E-state index >= 15 is 0 Å². The molecule has 0 saturated carbocycles. The van der Waals surface area contributed by atoms with Gasteiger partial charge in [-0.05, 0) is 17.4 Å². The second-order valence-corrected chi connectivity index (χ2v) is 4.43. The minimum Gasteiger partial charge on any atom is -0.391 e. The van der Waals surface area contributed by atoms with Crippen LogP contribution in [0.2, 0.25) is 0 Å². The normalized spacial score (nSPS) is 12.3. The predicted octanol–water partition coefficient (Wildman–Crippen LogP) is 1.70.